The smallest absolute Gasteiger partial charge is 0.159 e. The molecule has 0 aliphatic carbocycles. The van der Waals surface area contributed by atoms with Crippen LogP contribution in [0.3, 0.4) is 0 Å². The Morgan fingerprint density at radius 2 is 1.38 bits per heavy atom. The molecule has 2 aromatic carbocycles. The second-order valence-corrected chi connectivity index (χ2v) is 8.50. The fraction of sp³-hybridized carbons (Fsp3) is 0.467. The molecule has 0 N–H and O–H groups in total. The Morgan fingerprint density at radius 3 is 1.91 bits per heavy atom. The van der Waals surface area contributed by atoms with Gasteiger partial charge >= 0.3 is 0 Å². The summed E-state index contributed by atoms with van der Waals surface area (Å²) in [6.07, 6.45) is 11.0. The topological polar surface area (TPSA) is 36.9 Å². The minimum atomic E-state index is -0.341. The van der Waals surface area contributed by atoms with Gasteiger partial charge in [-0.25, -0.2) is 0 Å². The lowest BCUT2D eigenvalue weighted by Crippen LogP contribution is -2.29. The predicted molar refractivity (Wildman–Crippen MR) is 139 cm³/mol. The van der Waals surface area contributed by atoms with Gasteiger partial charge in [0.1, 0.15) is 0 Å². The van der Waals surface area contributed by atoms with Gasteiger partial charge in [0.15, 0.2) is 6.29 Å². The van der Waals surface area contributed by atoms with E-state index >= 15 is 0 Å². The van der Waals surface area contributed by atoms with E-state index in [1.165, 1.54) is 18.4 Å². The maximum absolute atomic E-state index is 6.35. The van der Waals surface area contributed by atoms with Crippen molar-refractivity contribution in [1.82, 2.24) is 0 Å². The number of ether oxygens (including phenoxy) is 4. The van der Waals surface area contributed by atoms with Gasteiger partial charge in [0, 0.05) is 26.6 Å². The highest BCUT2D eigenvalue weighted by molar-refractivity contribution is 5.14. The van der Waals surface area contributed by atoms with Crippen molar-refractivity contribution in [1.29, 1.82) is 0 Å². The third-order valence-corrected chi connectivity index (χ3v) is 5.91. The minimum Gasteiger partial charge on any atom is -0.372 e. The number of hydrogen-bond donors (Lipinski definition) is 0. The summed E-state index contributed by atoms with van der Waals surface area (Å²) < 4.78 is 23.6. The minimum absolute atomic E-state index is 0.00510. The van der Waals surface area contributed by atoms with Crippen LogP contribution in [0.1, 0.15) is 50.2 Å². The molecule has 0 saturated heterocycles. The number of hydrogen-bond acceptors (Lipinski definition) is 4. The summed E-state index contributed by atoms with van der Waals surface area (Å²) in [6, 6.07) is 20.5. The highest BCUT2D eigenvalue weighted by Gasteiger charge is 2.23. The Morgan fingerprint density at radius 1 is 0.794 bits per heavy atom. The van der Waals surface area contributed by atoms with Gasteiger partial charge in [-0.05, 0) is 17.5 Å². The highest BCUT2D eigenvalue weighted by atomic mass is 16.7. The Bertz CT molecular complexity index is 786. The van der Waals surface area contributed by atoms with E-state index in [4.69, 9.17) is 18.9 Å². The van der Waals surface area contributed by atoms with E-state index in [9.17, 15) is 0 Å². The maximum Gasteiger partial charge on any atom is 0.159 e. The standard InChI is InChI=1S/C30H42O4/c1-5-7-10-19-28(33-23-25-15-11-8-12-16-25)21-20-27(6-2)29(22-30(31-3)32-4)34-24-26-17-13-9-14-18-26/h6,8-9,11-18,20-21,27-30H,2,5,7,10,19,22-24H2,1,3-4H3. The molecule has 34 heavy (non-hydrogen) atoms. The van der Waals surface area contributed by atoms with Gasteiger partial charge in [-0.3, -0.25) is 0 Å². The molecule has 2 aromatic rings. The zero-order valence-electron chi connectivity index (χ0n) is 21.1. The van der Waals surface area contributed by atoms with Crippen LogP contribution < -0.4 is 0 Å². The lowest BCUT2D eigenvalue weighted by atomic mass is 9.97. The molecule has 186 valence electrons. The first-order chi connectivity index (χ1) is 16.7. The summed E-state index contributed by atoms with van der Waals surface area (Å²) in [5, 5.41) is 0. The molecule has 0 heterocycles. The van der Waals surface area contributed by atoms with Crippen molar-refractivity contribution in [3.63, 3.8) is 0 Å². The van der Waals surface area contributed by atoms with Crippen molar-refractivity contribution < 1.29 is 18.9 Å². The molecule has 4 nitrogen and oxygen atoms in total. The van der Waals surface area contributed by atoms with Crippen molar-refractivity contribution in [3.05, 3.63) is 96.6 Å². The lowest BCUT2D eigenvalue weighted by Gasteiger charge is -2.26. The van der Waals surface area contributed by atoms with E-state index in [0.29, 0.717) is 19.6 Å². The van der Waals surface area contributed by atoms with E-state index in [2.05, 4.69) is 49.9 Å². The first-order valence-corrected chi connectivity index (χ1v) is 12.4. The number of methoxy groups -OCH3 is 2. The molecular formula is C30H42O4. The number of unbranched alkanes of at least 4 members (excludes halogenated alkanes) is 2. The van der Waals surface area contributed by atoms with Crippen molar-refractivity contribution >= 4 is 0 Å². The van der Waals surface area contributed by atoms with Gasteiger partial charge < -0.3 is 18.9 Å². The van der Waals surface area contributed by atoms with E-state index in [1.807, 2.05) is 42.5 Å². The quantitative estimate of drug-likeness (QED) is 0.133. The first kappa shape index (κ1) is 28.0. The average molecular weight is 467 g/mol. The summed E-state index contributed by atoms with van der Waals surface area (Å²) >= 11 is 0. The van der Waals surface area contributed by atoms with Crippen LogP contribution in [0.15, 0.2) is 85.5 Å². The second-order valence-electron chi connectivity index (χ2n) is 8.50. The van der Waals surface area contributed by atoms with Crippen LogP contribution in [-0.2, 0) is 32.2 Å². The molecule has 0 aliphatic rings. The van der Waals surface area contributed by atoms with E-state index in [1.54, 1.807) is 14.2 Å². The van der Waals surface area contributed by atoms with Crippen molar-refractivity contribution in [2.75, 3.05) is 14.2 Å². The first-order valence-electron chi connectivity index (χ1n) is 12.4. The molecule has 0 aliphatic heterocycles. The van der Waals surface area contributed by atoms with E-state index < -0.39 is 0 Å². The van der Waals surface area contributed by atoms with Crippen LogP contribution in [0.4, 0.5) is 0 Å². The zero-order chi connectivity index (χ0) is 24.4. The summed E-state index contributed by atoms with van der Waals surface area (Å²) in [4.78, 5) is 0. The normalized spacial score (nSPS) is 14.4. The van der Waals surface area contributed by atoms with E-state index in [-0.39, 0.29) is 24.4 Å². The van der Waals surface area contributed by atoms with Gasteiger partial charge in [-0.15, -0.1) is 6.58 Å². The van der Waals surface area contributed by atoms with E-state index in [0.717, 1.165) is 18.4 Å². The Balaban J connectivity index is 2.09. The molecule has 3 atom stereocenters. The van der Waals surface area contributed by atoms with Gasteiger partial charge in [-0.1, -0.05) is 105 Å². The van der Waals surface area contributed by atoms with Crippen LogP contribution in [0.5, 0.6) is 0 Å². The summed E-state index contributed by atoms with van der Waals surface area (Å²) in [5.41, 5.74) is 2.32. The van der Waals surface area contributed by atoms with Gasteiger partial charge in [0.2, 0.25) is 0 Å². The molecule has 0 fully saturated rings. The molecule has 2 rings (SSSR count). The van der Waals surface area contributed by atoms with Gasteiger partial charge in [0.25, 0.3) is 0 Å². The SMILES string of the molecule is C=CC(C=CC(CCCCC)OCc1ccccc1)C(CC(OC)OC)OCc1ccccc1. The largest absolute Gasteiger partial charge is 0.372 e. The third-order valence-electron chi connectivity index (χ3n) is 5.91. The Kier molecular flexibility index (Phi) is 14.2. The third kappa shape index (κ3) is 10.8. The maximum atomic E-state index is 6.35. The van der Waals surface area contributed by atoms with Crippen LogP contribution in [0.25, 0.3) is 0 Å². The summed E-state index contributed by atoms with van der Waals surface area (Å²) in [5.74, 6) is 0.00510. The van der Waals surface area contributed by atoms with Crippen LogP contribution in [0, 0.1) is 5.92 Å². The molecular weight excluding hydrogens is 424 g/mol. The zero-order valence-corrected chi connectivity index (χ0v) is 21.1. The molecule has 4 heteroatoms. The Hall–Kier alpha value is -2.24. The number of benzene rings is 2. The Labute approximate surface area is 206 Å². The molecule has 0 spiro atoms. The van der Waals surface area contributed by atoms with Crippen molar-refractivity contribution in [2.45, 2.75) is 70.7 Å². The summed E-state index contributed by atoms with van der Waals surface area (Å²) in [7, 11) is 3.31. The molecule has 0 aromatic heterocycles. The molecule has 3 unspecified atom stereocenters. The summed E-state index contributed by atoms with van der Waals surface area (Å²) in [6.45, 7) is 7.43. The fourth-order valence-electron chi connectivity index (χ4n) is 3.81. The van der Waals surface area contributed by atoms with Crippen molar-refractivity contribution in [2.24, 2.45) is 5.92 Å². The van der Waals surface area contributed by atoms with Crippen LogP contribution in [-0.4, -0.2) is 32.7 Å². The fourth-order valence-corrected chi connectivity index (χ4v) is 3.81. The second kappa shape index (κ2) is 17.2. The average Bonchev–Trinajstić information content (AvgIpc) is 2.89. The lowest BCUT2D eigenvalue weighted by molar-refractivity contribution is -0.134. The monoisotopic (exact) mass is 466 g/mol. The highest BCUT2D eigenvalue weighted by Crippen LogP contribution is 2.22. The van der Waals surface area contributed by atoms with Gasteiger partial charge in [-0.2, -0.15) is 0 Å². The molecule has 0 amide bonds. The molecule has 0 radical (unpaired) electrons. The van der Waals surface area contributed by atoms with Gasteiger partial charge in [0.05, 0.1) is 25.4 Å². The van der Waals surface area contributed by atoms with Crippen molar-refractivity contribution in [3.8, 4) is 0 Å². The van der Waals surface area contributed by atoms with Crippen LogP contribution in [0.2, 0.25) is 0 Å². The predicted octanol–water partition coefficient (Wildman–Crippen LogP) is 7.10. The van der Waals surface area contributed by atoms with Crippen LogP contribution >= 0.6 is 0 Å². The molecule has 0 bridgehead atoms. The number of rotatable bonds is 18. The molecule has 0 saturated carbocycles.